The first kappa shape index (κ1) is 11.4. The molecule has 0 aliphatic rings. The first-order valence-electron chi connectivity index (χ1n) is 3.24. The van der Waals surface area contributed by atoms with Crippen LogP contribution in [0, 0.1) is 0 Å². The van der Waals surface area contributed by atoms with Crippen LogP contribution in [-0.2, 0) is 0 Å². The Kier molecular flexibility index (Phi) is 5.34. The van der Waals surface area contributed by atoms with Crippen LogP contribution in [0.2, 0.25) is 0 Å². The van der Waals surface area contributed by atoms with Crippen LogP contribution in [0.1, 0.15) is 24.3 Å². The summed E-state index contributed by atoms with van der Waals surface area (Å²) in [5, 5.41) is 2.05. The summed E-state index contributed by atoms with van der Waals surface area (Å²) < 4.78 is 1.15. The highest BCUT2D eigenvalue weighted by Crippen LogP contribution is 2.28. The van der Waals surface area contributed by atoms with Crippen molar-refractivity contribution >= 4 is 39.7 Å². The molecule has 0 amide bonds. The maximum atomic E-state index is 5.82. The van der Waals surface area contributed by atoms with Gasteiger partial charge in [0.1, 0.15) is 0 Å². The molecular weight excluding hydrogens is 246 g/mol. The first-order valence-corrected chi connectivity index (χ1v) is 4.91. The van der Waals surface area contributed by atoms with Gasteiger partial charge >= 0.3 is 0 Å². The summed E-state index contributed by atoms with van der Waals surface area (Å²) in [6.45, 7) is 2.09. The molecule has 0 radical (unpaired) electrons. The molecule has 0 aromatic carbocycles. The number of thiophene rings is 1. The highest BCUT2D eigenvalue weighted by atomic mass is 79.9. The predicted molar refractivity (Wildman–Crippen MR) is 56.5 cm³/mol. The fourth-order valence-electron chi connectivity index (χ4n) is 0.755. The largest absolute Gasteiger partial charge is 0.323 e. The standard InChI is InChI=1S/C7H10BrNS.ClH/c1-2-6(9)7-5(8)3-4-10-7;/h3-4,6H,2,9H2,1H3;1H/t6-;/m0./s1. The summed E-state index contributed by atoms with van der Waals surface area (Å²) in [5.41, 5.74) is 5.82. The average molecular weight is 257 g/mol. The monoisotopic (exact) mass is 255 g/mol. The number of halogens is 2. The second-order valence-electron chi connectivity index (χ2n) is 2.15. The molecule has 0 spiro atoms. The average Bonchev–Trinajstić information content (AvgIpc) is 2.34. The molecule has 1 aromatic rings. The van der Waals surface area contributed by atoms with Gasteiger partial charge < -0.3 is 5.73 Å². The number of hydrogen-bond donors (Lipinski definition) is 1. The second-order valence-corrected chi connectivity index (χ2v) is 3.95. The molecule has 0 saturated carbocycles. The van der Waals surface area contributed by atoms with Gasteiger partial charge in [0.2, 0.25) is 0 Å². The Balaban J connectivity index is 0.000001000. The third kappa shape index (κ3) is 2.75. The van der Waals surface area contributed by atoms with Gasteiger partial charge in [0, 0.05) is 15.4 Å². The molecule has 1 heterocycles. The molecule has 1 aromatic heterocycles. The van der Waals surface area contributed by atoms with Crippen molar-refractivity contribution in [3.05, 3.63) is 20.8 Å². The summed E-state index contributed by atoms with van der Waals surface area (Å²) in [5.74, 6) is 0. The molecule has 0 saturated heterocycles. The smallest absolute Gasteiger partial charge is 0.0398 e. The van der Waals surface area contributed by atoms with E-state index in [1.165, 1.54) is 4.88 Å². The Morgan fingerprint density at radius 2 is 2.36 bits per heavy atom. The molecule has 0 unspecified atom stereocenters. The highest BCUT2D eigenvalue weighted by molar-refractivity contribution is 9.10. The molecular formula is C7H11BrClNS. The lowest BCUT2D eigenvalue weighted by Gasteiger charge is -2.05. The van der Waals surface area contributed by atoms with Crippen molar-refractivity contribution in [2.75, 3.05) is 0 Å². The molecule has 0 fully saturated rings. The normalized spacial score (nSPS) is 12.3. The van der Waals surface area contributed by atoms with Gasteiger partial charge in [0.05, 0.1) is 0 Å². The van der Waals surface area contributed by atoms with E-state index in [-0.39, 0.29) is 18.4 Å². The molecule has 11 heavy (non-hydrogen) atoms. The summed E-state index contributed by atoms with van der Waals surface area (Å²) in [7, 11) is 0. The van der Waals surface area contributed by atoms with Gasteiger partial charge in [-0.15, -0.1) is 23.7 Å². The Hall–Kier alpha value is 0.430. The van der Waals surface area contributed by atoms with Gasteiger partial charge in [-0.25, -0.2) is 0 Å². The number of nitrogens with two attached hydrogens (primary N) is 1. The molecule has 0 bridgehead atoms. The van der Waals surface area contributed by atoms with Crippen LogP contribution < -0.4 is 5.73 Å². The van der Waals surface area contributed by atoms with Gasteiger partial charge in [-0.3, -0.25) is 0 Å². The molecule has 64 valence electrons. The van der Waals surface area contributed by atoms with Gasteiger partial charge in [0.25, 0.3) is 0 Å². The second kappa shape index (κ2) is 5.14. The van der Waals surface area contributed by atoms with Crippen molar-refractivity contribution < 1.29 is 0 Å². The van der Waals surface area contributed by atoms with E-state index in [4.69, 9.17) is 5.73 Å². The molecule has 0 aliphatic carbocycles. The summed E-state index contributed by atoms with van der Waals surface area (Å²) >= 11 is 5.15. The molecule has 4 heteroatoms. The lowest BCUT2D eigenvalue weighted by atomic mass is 10.2. The van der Waals surface area contributed by atoms with Gasteiger partial charge in [0.15, 0.2) is 0 Å². The van der Waals surface area contributed by atoms with Crippen molar-refractivity contribution in [2.45, 2.75) is 19.4 Å². The Bertz CT molecular complexity index is 214. The van der Waals surface area contributed by atoms with Gasteiger partial charge in [-0.2, -0.15) is 0 Å². The Morgan fingerprint density at radius 3 is 2.73 bits per heavy atom. The van der Waals surface area contributed by atoms with Crippen molar-refractivity contribution in [2.24, 2.45) is 5.73 Å². The Labute approximate surface area is 85.5 Å². The van der Waals surface area contributed by atoms with Crippen LogP contribution in [0.3, 0.4) is 0 Å². The fourth-order valence-corrected chi connectivity index (χ4v) is 2.51. The third-order valence-corrected chi connectivity index (χ3v) is 3.42. The van der Waals surface area contributed by atoms with Gasteiger partial charge in [-0.1, -0.05) is 6.92 Å². The maximum Gasteiger partial charge on any atom is 0.0398 e. The summed E-state index contributed by atoms with van der Waals surface area (Å²) in [4.78, 5) is 1.25. The van der Waals surface area contributed by atoms with Crippen molar-refractivity contribution in [1.82, 2.24) is 0 Å². The van der Waals surface area contributed by atoms with Crippen LogP contribution >= 0.6 is 39.7 Å². The van der Waals surface area contributed by atoms with Crippen LogP contribution in [0.15, 0.2) is 15.9 Å². The third-order valence-electron chi connectivity index (χ3n) is 1.42. The van der Waals surface area contributed by atoms with E-state index in [9.17, 15) is 0 Å². The van der Waals surface area contributed by atoms with E-state index >= 15 is 0 Å². The minimum Gasteiger partial charge on any atom is -0.323 e. The SMILES string of the molecule is CC[C@H](N)c1sccc1Br.Cl. The quantitative estimate of drug-likeness (QED) is 0.863. The van der Waals surface area contributed by atoms with Crippen molar-refractivity contribution in [1.29, 1.82) is 0 Å². The van der Waals surface area contributed by atoms with Crippen LogP contribution in [0.5, 0.6) is 0 Å². The molecule has 2 N–H and O–H groups in total. The molecule has 1 atom stereocenters. The molecule has 1 rings (SSSR count). The van der Waals surface area contributed by atoms with E-state index in [1.54, 1.807) is 11.3 Å². The van der Waals surface area contributed by atoms with Crippen molar-refractivity contribution in [3.8, 4) is 0 Å². The Morgan fingerprint density at radius 1 is 1.73 bits per heavy atom. The van der Waals surface area contributed by atoms with Crippen LogP contribution in [0.25, 0.3) is 0 Å². The predicted octanol–water partition coefficient (Wildman–Crippen LogP) is 3.34. The highest BCUT2D eigenvalue weighted by Gasteiger charge is 2.07. The van der Waals surface area contributed by atoms with Crippen LogP contribution in [-0.4, -0.2) is 0 Å². The zero-order chi connectivity index (χ0) is 7.56. The zero-order valence-electron chi connectivity index (χ0n) is 6.21. The summed E-state index contributed by atoms with van der Waals surface area (Å²) in [6, 6.07) is 2.24. The topological polar surface area (TPSA) is 26.0 Å². The van der Waals surface area contributed by atoms with Gasteiger partial charge in [-0.05, 0) is 33.8 Å². The zero-order valence-corrected chi connectivity index (χ0v) is 9.43. The van der Waals surface area contributed by atoms with E-state index in [1.807, 2.05) is 6.07 Å². The summed E-state index contributed by atoms with van der Waals surface area (Å²) in [6.07, 6.45) is 0.999. The lowest BCUT2D eigenvalue weighted by Crippen LogP contribution is -2.06. The number of hydrogen-bond acceptors (Lipinski definition) is 2. The van der Waals surface area contributed by atoms with Crippen molar-refractivity contribution in [3.63, 3.8) is 0 Å². The molecule has 0 aliphatic heterocycles. The lowest BCUT2D eigenvalue weighted by molar-refractivity contribution is 0.709. The number of rotatable bonds is 2. The first-order chi connectivity index (χ1) is 4.75. The van der Waals surface area contributed by atoms with E-state index in [2.05, 4.69) is 28.2 Å². The van der Waals surface area contributed by atoms with E-state index < -0.39 is 0 Å². The minimum atomic E-state index is 0. The van der Waals surface area contributed by atoms with Crippen LogP contribution in [0.4, 0.5) is 0 Å². The minimum absolute atomic E-state index is 0. The maximum absolute atomic E-state index is 5.82. The van der Waals surface area contributed by atoms with E-state index in [0.717, 1.165) is 10.9 Å². The fraction of sp³-hybridized carbons (Fsp3) is 0.429. The van der Waals surface area contributed by atoms with E-state index in [0.29, 0.717) is 0 Å². The molecule has 1 nitrogen and oxygen atoms in total.